The van der Waals surface area contributed by atoms with Gasteiger partial charge in [-0.25, -0.2) is 4.98 Å². The molecule has 0 aliphatic rings. The maximum absolute atomic E-state index is 10.7. The number of aryl methyl sites for hydroxylation is 2. The molecule has 0 amide bonds. The smallest absolute Gasteiger partial charge is 0.257 e. The van der Waals surface area contributed by atoms with Crippen LogP contribution in [0.1, 0.15) is 11.1 Å². The van der Waals surface area contributed by atoms with E-state index in [1.807, 2.05) is 6.07 Å². The lowest BCUT2D eigenvalue weighted by atomic mass is 10.1. The highest BCUT2D eigenvalue weighted by molar-refractivity contribution is 8.01. The van der Waals surface area contributed by atoms with Gasteiger partial charge in [-0.15, -0.1) is 0 Å². The SMILES string of the molecule is Cc1cc2nccc(Sc3ncc([N+](=O)[O-])s3)c2cc1C. The third-order valence-electron chi connectivity index (χ3n) is 3.17. The van der Waals surface area contributed by atoms with E-state index in [4.69, 9.17) is 0 Å². The summed E-state index contributed by atoms with van der Waals surface area (Å²) < 4.78 is 0.660. The summed E-state index contributed by atoms with van der Waals surface area (Å²) >= 11 is 2.52. The molecule has 0 unspecified atom stereocenters. The molecule has 0 atom stereocenters. The highest BCUT2D eigenvalue weighted by atomic mass is 32.2. The third kappa shape index (κ3) is 2.74. The number of hydrogen-bond donors (Lipinski definition) is 0. The largest absolute Gasteiger partial charge is 0.344 e. The lowest BCUT2D eigenvalue weighted by Gasteiger charge is -2.07. The van der Waals surface area contributed by atoms with Gasteiger partial charge in [0.05, 0.1) is 10.4 Å². The molecule has 0 spiro atoms. The molecule has 7 heteroatoms. The van der Waals surface area contributed by atoms with E-state index < -0.39 is 4.92 Å². The monoisotopic (exact) mass is 317 g/mol. The normalized spacial score (nSPS) is 11.0. The number of nitrogens with zero attached hydrogens (tertiary/aromatic N) is 3. The number of pyridine rings is 1. The van der Waals surface area contributed by atoms with E-state index in [1.54, 1.807) is 6.20 Å². The van der Waals surface area contributed by atoms with Crippen molar-refractivity contribution in [3.05, 3.63) is 51.8 Å². The zero-order valence-corrected chi connectivity index (χ0v) is 13.0. The fourth-order valence-electron chi connectivity index (χ4n) is 1.94. The standard InChI is InChI=1S/C14H11N3O2S2/c1-8-5-10-11(6-9(8)2)15-4-3-12(10)20-14-16-7-13(21-14)17(18)19/h3-7H,1-2H3. The molecule has 0 radical (unpaired) electrons. The van der Waals surface area contributed by atoms with Gasteiger partial charge in [-0.3, -0.25) is 15.1 Å². The number of thiazole rings is 1. The molecule has 0 fully saturated rings. The van der Waals surface area contributed by atoms with Crippen LogP contribution in [0.2, 0.25) is 0 Å². The second kappa shape index (κ2) is 5.42. The van der Waals surface area contributed by atoms with Gasteiger partial charge in [0, 0.05) is 16.5 Å². The first-order chi connectivity index (χ1) is 10.0. The summed E-state index contributed by atoms with van der Waals surface area (Å²) in [5.41, 5.74) is 3.32. The van der Waals surface area contributed by atoms with Crippen molar-refractivity contribution >= 4 is 39.0 Å². The topological polar surface area (TPSA) is 68.9 Å². The van der Waals surface area contributed by atoms with Gasteiger partial charge < -0.3 is 0 Å². The van der Waals surface area contributed by atoms with Crippen molar-refractivity contribution < 1.29 is 4.92 Å². The Bertz CT molecular complexity index is 845. The molecule has 106 valence electrons. The van der Waals surface area contributed by atoms with Gasteiger partial charge in [-0.2, -0.15) is 0 Å². The van der Waals surface area contributed by atoms with Gasteiger partial charge >= 0.3 is 5.00 Å². The van der Waals surface area contributed by atoms with E-state index in [-0.39, 0.29) is 5.00 Å². The van der Waals surface area contributed by atoms with Crippen molar-refractivity contribution in [1.82, 2.24) is 9.97 Å². The lowest BCUT2D eigenvalue weighted by Crippen LogP contribution is -1.86. The molecule has 2 aromatic heterocycles. The van der Waals surface area contributed by atoms with Crippen molar-refractivity contribution in [2.75, 3.05) is 0 Å². The summed E-state index contributed by atoms with van der Waals surface area (Å²) in [7, 11) is 0. The summed E-state index contributed by atoms with van der Waals surface area (Å²) in [6.07, 6.45) is 3.05. The van der Waals surface area contributed by atoms with Crippen molar-refractivity contribution in [2.45, 2.75) is 23.1 Å². The van der Waals surface area contributed by atoms with Crippen LogP contribution in [-0.4, -0.2) is 14.9 Å². The number of hydrogen-bond acceptors (Lipinski definition) is 6. The van der Waals surface area contributed by atoms with Crippen LogP contribution in [-0.2, 0) is 0 Å². The summed E-state index contributed by atoms with van der Waals surface area (Å²) in [5.74, 6) is 0. The first-order valence-electron chi connectivity index (χ1n) is 6.18. The molecule has 0 saturated heterocycles. The zero-order chi connectivity index (χ0) is 15.0. The molecule has 0 bridgehead atoms. The van der Waals surface area contributed by atoms with Crippen LogP contribution in [0.5, 0.6) is 0 Å². The van der Waals surface area contributed by atoms with Gasteiger partial charge in [0.25, 0.3) is 0 Å². The summed E-state index contributed by atoms with van der Waals surface area (Å²) in [4.78, 5) is 19.8. The predicted octanol–water partition coefficient (Wildman–Crippen LogP) is 4.37. The molecule has 5 nitrogen and oxygen atoms in total. The number of benzene rings is 1. The van der Waals surface area contributed by atoms with Crippen LogP contribution in [0, 0.1) is 24.0 Å². The molecular weight excluding hydrogens is 306 g/mol. The van der Waals surface area contributed by atoms with Gasteiger partial charge in [-0.05, 0) is 54.5 Å². The number of fused-ring (bicyclic) bond motifs is 1. The number of rotatable bonds is 3. The van der Waals surface area contributed by atoms with Gasteiger partial charge in [-0.1, -0.05) is 11.8 Å². The third-order valence-corrected chi connectivity index (χ3v) is 5.27. The van der Waals surface area contributed by atoms with Crippen LogP contribution < -0.4 is 0 Å². The fraction of sp³-hybridized carbons (Fsp3) is 0.143. The molecule has 0 N–H and O–H groups in total. The Morgan fingerprint density at radius 1 is 1.24 bits per heavy atom. The highest BCUT2D eigenvalue weighted by Crippen LogP contribution is 2.37. The summed E-state index contributed by atoms with van der Waals surface area (Å²) in [6, 6.07) is 6.07. The second-order valence-electron chi connectivity index (χ2n) is 4.59. The average Bonchev–Trinajstić information content (AvgIpc) is 2.90. The van der Waals surface area contributed by atoms with E-state index in [2.05, 4.69) is 35.9 Å². The average molecular weight is 317 g/mol. The van der Waals surface area contributed by atoms with Crippen LogP contribution in [0.4, 0.5) is 5.00 Å². The first-order valence-corrected chi connectivity index (χ1v) is 7.82. The Hall–Kier alpha value is -1.99. The Labute approximate surface area is 129 Å². The molecule has 3 aromatic rings. The van der Waals surface area contributed by atoms with Crippen molar-refractivity contribution in [3.63, 3.8) is 0 Å². The minimum absolute atomic E-state index is 0.0582. The maximum Gasteiger partial charge on any atom is 0.344 e. The molecule has 0 aliphatic carbocycles. The molecule has 3 rings (SSSR count). The number of aromatic nitrogens is 2. The molecule has 2 heterocycles. The highest BCUT2D eigenvalue weighted by Gasteiger charge is 2.14. The van der Waals surface area contributed by atoms with Gasteiger partial charge in [0.2, 0.25) is 0 Å². The van der Waals surface area contributed by atoms with E-state index in [9.17, 15) is 10.1 Å². The Kier molecular flexibility index (Phi) is 3.60. The Balaban J connectivity index is 2.03. The molecule has 0 saturated carbocycles. The van der Waals surface area contributed by atoms with E-state index in [0.29, 0.717) is 4.34 Å². The lowest BCUT2D eigenvalue weighted by molar-refractivity contribution is -0.380. The van der Waals surface area contributed by atoms with E-state index in [0.717, 1.165) is 27.1 Å². The van der Waals surface area contributed by atoms with Crippen LogP contribution >= 0.6 is 23.1 Å². The fourth-order valence-corrected chi connectivity index (χ4v) is 3.80. The number of nitro groups is 1. The zero-order valence-electron chi connectivity index (χ0n) is 11.4. The van der Waals surface area contributed by atoms with Crippen molar-refractivity contribution in [1.29, 1.82) is 0 Å². The minimum atomic E-state index is -0.417. The van der Waals surface area contributed by atoms with Gasteiger partial charge in [0.15, 0.2) is 4.34 Å². The second-order valence-corrected chi connectivity index (χ2v) is 6.88. The van der Waals surface area contributed by atoms with Crippen LogP contribution in [0.15, 0.2) is 39.8 Å². The minimum Gasteiger partial charge on any atom is -0.257 e. The van der Waals surface area contributed by atoms with Crippen LogP contribution in [0.25, 0.3) is 10.9 Å². The van der Waals surface area contributed by atoms with Gasteiger partial charge in [0.1, 0.15) is 6.20 Å². The summed E-state index contributed by atoms with van der Waals surface area (Å²) in [5, 5.41) is 11.8. The van der Waals surface area contributed by atoms with Crippen molar-refractivity contribution in [2.24, 2.45) is 0 Å². The molecule has 21 heavy (non-hydrogen) atoms. The van der Waals surface area contributed by atoms with Crippen LogP contribution in [0.3, 0.4) is 0 Å². The summed E-state index contributed by atoms with van der Waals surface area (Å²) in [6.45, 7) is 4.12. The van der Waals surface area contributed by atoms with E-state index in [1.165, 1.54) is 29.1 Å². The quantitative estimate of drug-likeness (QED) is 0.530. The maximum atomic E-state index is 10.7. The van der Waals surface area contributed by atoms with E-state index >= 15 is 0 Å². The Morgan fingerprint density at radius 3 is 2.71 bits per heavy atom. The first kappa shape index (κ1) is 14.0. The Morgan fingerprint density at radius 2 is 2.00 bits per heavy atom. The molecular formula is C14H11N3O2S2. The predicted molar refractivity (Wildman–Crippen MR) is 84.1 cm³/mol. The molecule has 0 aliphatic heterocycles. The van der Waals surface area contributed by atoms with Crippen molar-refractivity contribution in [3.8, 4) is 0 Å². The molecule has 1 aromatic carbocycles.